The zero-order chi connectivity index (χ0) is 12.7. The number of hydrogen-bond donors (Lipinski definition) is 0. The van der Waals surface area contributed by atoms with Gasteiger partial charge in [-0.25, -0.2) is 0 Å². The number of halogens is 1. The first-order valence-electron chi connectivity index (χ1n) is 6.73. The number of alkyl halides is 1. The van der Waals surface area contributed by atoms with Crippen LogP contribution in [0.1, 0.15) is 44.2 Å². The van der Waals surface area contributed by atoms with E-state index in [0.717, 1.165) is 17.2 Å². The summed E-state index contributed by atoms with van der Waals surface area (Å²) in [7, 11) is 0. The third-order valence-corrected chi connectivity index (χ3v) is 4.17. The van der Waals surface area contributed by atoms with Gasteiger partial charge in [0.1, 0.15) is 0 Å². The van der Waals surface area contributed by atoms with Gasteiger partial charge in [-0.3, -0.25) is 0 Å². The van der Waals surface area contributed by atoms with Crippen LogP contribution in [0.3, 0.4) is 0 Å². The average Bonchev–Trinajstić information content (AvgIpc) is 2.30. The lowest BCUT2D eigenvalue weighted by molar-refractivity contribution is 0.462. The standard InChI is InChI=1S/C16H25Br/c1-13(2)5-4-6-16(12-17)11-15-9-7-14(3)8-10-15/h7-10,13,16H,4-6,11-12H2,1-3H3. The second-order valence-corrected chi connectivity index (χ2v) is 6.18. The van der Waals surface area contributed by atoms with Gasteiger partial charge in [-0.15, -0.1) is 0 Å². The van der Waals surface area contributed by atoms with Crippen LogP contribution in [0.4, 0.5) is 0 Å². The fourth-order valence-electron chi connectivity index (χ4n) is 2.11. The summed E-state index contributed by atoms with van der Waals surface area (Å²) in [5, 5.41) is 1.12. The summed E-state index contributed by atoms with van der Waals surface area (Å²) in [5.74, 6) is 1.63. The van der Waals surface area contributed by atoms with Crippen molar-refractivity contribution in [1.29, 1.82) is 0 Å². The van der Waals surface area contributed by atoms with E-state index < -0.39 is 0 Å². The molecule has 0 aliphatic heterocycles. The van der Waals surface area contributed by atoms with Gasteiger partial charge in [0.25, 0.3) is 0 Å². The smallest absolute Gasteiger partial charge is 0.00628 e. The highest BCUT2D eigenvalue weighted by Crippen LogP contribution is 2.19. The zero-order valence-corrected chi connectivity index (χ0v) is 13.0. The predicted octanol–water partition coefficient (Wildman–Crippen LogP) is 5.37. The molecule has 0 aliphatic rings. The minimum absolute atomic E-state index is 0.788. The Kier molecular flexibility index (Phi) is 6.87. The Morgan fingerprint density at radius 1 is 1.06 bits per heavy atom. The SMILES string of the molecule is Cc1ccc(CC(CBr)CCCC(C)C)cc1. The van der Waals surface area contributed by atoms with Gasteiger partial charge in [0.15, 0.2) is 0 Å². The van der Waals surface area contributed by atoms with E-state index in [1.165, 1.54) is 36.8 Å². The van der Waals surface area contributed by atoms with Crippen molar-refractivity contribution >= 4 is 15.9 Å². The minimum atomic E-state index is 0.788. The highest BCUT2D eigenvalue weighted by Gasteiger charge is 2.08. The van der Waals surface area contributed by atoms with Crippen LogP contribution in [-0.2, 0) is 6.42 Å². The zero-order valence-electron chi connectivity index (χ0n) is 11.4. The fraction of sp³-hybridized carbons (Fsp3) is 0.625. The summed E-state index contributed by atoms with van der Waals surface area (Å²) >= 11 is 3.66. The third-order valence-electron chi connectivity index (χ3n) is 3.26. The monoisotopic (exact) mass is 296 g/mol. The Morgan fingerprint density at radius 3 is 2.24 bits per heavy atom. The summed E-state index contributed by atoms with van der Waals surface area (Å²) < 4.78 is 0. The molecule has 0 amide bonds. The second kappa shape index (κ2) is 7.92. The van der Waals surface area contributed by atoms with Gasteiger partial charge >= 0.3 is 0 Å². The van der Waals surface area contributed by atoms with Crippen LogP contribution in [0.15, 0.2) is 24.3 Å². The molecule has 1 aromatic carbocycles. The van der Waals surface area contributed by atoms with Crippen LogP contribution in [0.5, 0.6) is 0 Å². The lowest BCUT2D eigenvalue weighted by Gasteiger charge is -2.15. The lowest BCUT2D eigenvalue weighted by atomic mass is 9.94. The van der Waals surface area contributed by atoms with Crippen LogP contribution in [-0.4, -0.2) is 5.33 Å². The summed E-state index contributed by atoms with van der Waals surface area (Å²) in [6.45, 7) is 6.76. The van der Waals surface area contributed by atoms with Crippen molar-refractivity contribution in [2.24, 2.45) is 11.8 Å². The summed E-state index contributed by atoms with van der Waals surface area (Å²) in [4.78, 5) is 0. The van der Waals surface area contributed by atoms with Gasteiger partial charge in [-0.05, 0) is 37.2 Å². The maximum Gasteiger partial charge on any atom is 0.00628 e. The third kappa shape index (κ3) is 6.26. The molecule has 96 valence electrons. The Morgan fingerprint density at radius 2 is 1.71 bits per heavy atom. The molecule has 1 unspecified atom stereocenters. The van der Waals surface area contributed by atoms with Crippen molar-refractivity contribution in [3.05, 3.63) is 35.4 Å². The molecule has 0 aromatic heterocycles. The fourth-order valence-corrected chi connectivity index (χ4v) is 2.66. The van der Waals surface area contributed by atoms with Crippen molar-refractivity contribution < 1.29 is 0 Å². The topological polar surface area (TPSA) is 0 Å². The van der Waals surface area contributed by atoms with Crippen molar-refractivity contribution in [3.8, 4) is 0 Å². The molecule has 0 radical (unpaired) electrons. The quantitative estimate of drug-likeness (QED) is 0.593. The predicted molar refractivity (Wildman–Crippen MR) is 80.9 cm³/mol. The molecule has 1 atom stereocenters. The van der Waals surface area contributed by atoms with Crippen molar-refractivity contribution in [3.63, 3.8) is 0 Å². The van der Waals surface area contributed by atoms with Gasteiger partial charge in [-0.1, -0.05) is 72.4 Å². The van der Waals surface area contributed by atoms with Crippen LogP contribution in [0, 0.1) is 18.8 Å². The Balaban J connectivity index is 2.38. The Labute approximate surface area is 115 Å². The summed E-state index contributed by atoms with van der Waals surface area (Å²) in [6.07, 6.45) is 5.28. The van der Waals surface area contributed by atoms with E-state index in [0.29, 0.717) is 0 Å². The number of aryl methyl sites for hydroxylation is 1. The van der Waals surface area contributed by atoms with Gasteiger partial charge in [0, 0.05) is 5.33 Å². The van der Waals surface area contributed by atoms with Crippen LogP contribution < -0.4 is 0 Å². The maximum atomic E-state index is 3.66. The molecule has 1 aromatic rings. The first-order valence-corrected chi connectivity index (χ1v) is 7.85. The Bertz CT molecular complexity index is 300. The van der Waals surface area contributed by atoms with Crippen molar-refractivity contribution in [2.75, 3.05) is 5.33 Å². The molecular formula is C16H25Br. The molecule has 0 saturated heterocycles. The summed E-state index contributed by atoms with van der Waals surface area (Å²) in [6, 6.07) is 8.98. The number of rotatable bonds is 7. The molecule has 0 bridgehead atoms. The van der Waals surface area contributed by atoms with Gasteiger partial charge in [0.05, 0.1) is 0 Å². The van der Waals surface area contributed by atoms with E-state index >= 15 is 0 Å². The number of hydrogen-bond acceptors (Lipinski definition) is 0. The molecule has 0 aliphatic carbocycles. The highest BCUT2D eigenvalue weighted by molar-refractivity contribution is 9.09. The van der Waals surface area contributed by atoms with Crippen molar-refractivity contribution in [1.82, 2.24) is 0 Å². The Hall–Kier alpha value is -0.300. The highest BCUT2D eigenvalue weighted by atomic mass is 79.9. The van der Waals surface area contributed by atoms with Gasteiger partial charge in [-0.2, -0.15) is 0 Å². The molecule has 1 heteroatoms. The van der Waals surface area contributed by atoms with E-state index in [2.05, 4.69) is 61.0 Å². The first kappa shape index (κ1) is 14.8. The van der Waals surface area contributed by atoms with Crippen LogP contribution >= 0.6 is 15.9 Å². The molecule has 0 N–H and O–H groups in total. The lowest BCUT2D eigenvalue weighted by Crippen LogP contribution is -2.07. The van der Waals surface area contributed by atoms with Gasteiger partial charge < -0.3 is 0 Å². The first-order chi connectivity index (χ1) is 8.11. The molecule has 0 saturated carbocycles. The van der Waals surface area contributed by atoms with E-state index in [1.807, 2.05) is 0 Å². The van der Waals surface area contributed by atoms with E-state index in [4.69, 9.17) is 0 Å². The van der Waals surface area contributed by atoms with E-state index in [1.54, 1.807) is 0 Å². The molecule has 0 fully saturated rings. The second-order valence-electron chi connectivity index (χ2n) is 5.53. The molecular weight excluding hydrogens is 272 g/mol. The van der Waals surface area contributed by atoms with Crippen LogP contribution in [0.2, 0.25) is 0 Å². The van der Waals surface area contributed by atoms with E-state index in [9.17, 15) is 0 Å². The number of benzene rings is 1. The molecule has 17 heavy (non-hydrogen) atoms. The van der Waals surface area contributed by atoms with Gasteiger partial charge in [0.2, 0.25) is 0 Å². The largest absolute Gasteiger partial charge is 0.0925 e. The summed E-state index contributed by atoms with van der Waals surface area (Å²) in [5.41, 5.74) is 2.83. The van der Waals surface area contributed by atoms with Crippen molar-refractivity contribution in [2.45, 2.75) is 46.5 Å². The van der Waals surface area contributed by atoms with Crippen LogP contribution in [0.25, 0.3) is 0 Å². The molecule has 1 rings (SSSR count). The molecule has 0 nitrogen and oxygen atoms in total. The molecule has 0 spiro atoms. The minimum Gasteiger partial charge on any atom is -0.0925 e. The average molecular weight is 297 g/mol. The normalized spacial score (nSPS) is 13.0. The maximum absolute atomic E-state index is 3.66. The molecule has 0 heterocycles. The van der Waals surface area contributed by atoms with E-state index in [-0.39, 0.29) is 0 Å².